The second-order valence-electron chi connectivity index (χ2n) is 3.62. The normalized spacial score (nSPS) is 11.4. The van der Waals surface area contributed by atoms with Crippen LogP contribution in [0.4, 0.5) is 19.1 Å². The molecule has 0 aromatic carbocycles. The molecule has 0 unspecified atom stereocenters. The standard InChI is InChI=1S/C11H8F3N3OS/c1-6(18)15-10-16-7(8-3-2-4-19-8)5-9(17-10)11(12,13)14/h2-5H,1H3,(H,15,16,17,18). The van der Waals surface area contributed by atoms with Crippen LogP contribution >= 0.6 is 11.3 Å². The third-order valence-electron chi connectivity index (χ3n) is 2.08. The lowest BCUT2D eigenvalue weighted by Crippen LogP contribution is -2.14. The van der Waals surface area contributed by atoms with Gasteiger partial charge in [-0.3, -0.25) is 10.1 Å². The van der Waals surface area contributed by atoms with E-state index < -0.39 is 17.8 Å². The van der Waals surface area contributed by atoms with Gasteiger partial charge < -0.3 is 0 Å². The number of nitrogens with one attached hydrogen (secondary N) is 1. The topological polar surface area (TPSA) is 54.9 Å². The van der Waals surface area contributed by atoms with E-state index in [1.54, 1.807) is 17.5 Å². The van der Waals surface area contributed by atoms with Crippen molar-refractivity contribution in [1.29, 1.82) is 0 Å². The lowest BCUT2D eigenvalue weighted by molar-refractivity contribution is -0.141. The number of carbonyl (C=O) groups is 1. The summed E-state index contributed by atoms with van der Waals surface area (Å²) in [5.41, 5.74) is -0.962. The van der Waals surface area contributed by atoms with Crippen LogP contribution in [0.25, 0.3) is 10.6 Å². The minimum Gasteiger partial charge on any atom is -0.295 e. The van der Waals surface area contributed by atoms with Gasteiger partial charge in [-0.1, -0.05) is 6.07 Å². The summed E-state index contributed by atoms with van der Waals surface area (Å²) in [6.45, 7) is 1.18. The number of amides is 1. The Hall–Kier alpha value is -1.96. The van der Waals surface area contributed by atoms with Gasteiger partial charge in [0.15, 0.2) is 5.69 Å². The Morgan fingerprint density at radius 1 is 1.37 bits per heavy atom. The Kier molecular flexibility index (Phi) is 3.52. The highest BCUT2D eigenvalue weighted by molar-refractivity contribution is 7.13. The number of carbonyl (C=O) groups excluding carboxylic acids is 1. The molecule has 0 bridgehead atoms. The summed E-state index contributed by atoms with van der Waals surface area (Å²) in [6, 6.07) is 4.20. The first-order valence-electron chi connectivity index (χ1n) is 5.14. The van der Waals surface area contributed by atoms with Gasteiger partial charge in [-0.05, 0) is 17.5 Å². The Bertz CT molecular complexity index is 596. The molecule has 2 aromatic heterocycles. The van der Waals surface area contributed by atoms with Crippen molar-refractivity contribution in [2.45, 2.75) is 13.1 Å². The van der Waals surface area contributed by atoms with Gasteiger partial charge >= 0.3 is 6.18 Å². The Labute approximate surface area is 110 Å². The van der Waals surface area contributed by atoms with Crippen LogP contribution in [0.15, 0.2) is 23.6 Å². The zero-order valence-electron chi connectivity index (χ0n) is 9.65. The predicted octanol–water partition coefficient (Wildman–Crippen LogP) is 3.18. The maximum Gasteiger partial charge on any atom is 0.433 e. The van der Waals surface area contributed by atoms with Gasteiger partial charge in [-0.15, -0.1) is 11.3 Å². The number of hydrogen-bond donors (Lipinski definition) is 1. The van der Waals surface area contributed by atoms with E-state index in [0.717, 1.165) is 6.07 Å². The second kappa shape index (κ2) is 4.96. The summed E-state index contributed by atoms with van der Waals surface area (Å²) >= 11 is 1.25. The molecule has 0 aliphatic carbocycles. The number of alkyl halides is 3. The monoisotopic (exact) mass is 287 g/mol. The minimum absolute atomic E-state index is 0.126. The van der Waals surface area contributed by atoms with Gasteiger partial charge in [0.1, 0.15) is 0 Å². The van der Waals surface area contributed by atoms with Crippen molar-refractivity contribution in [2.24, 2.45) is 0 Å². The van der Waals surface area contributed by atoms with Crippen molar-refractivity contribution in [3.8, 4) is 10.6 Å². The number of hydrogen-bond acceptors (Lipinski definition) is 4. The van der Waals surface area contributed by atoms with Gasteiger partial charge in [0.05, 0.1) is 10.6 Å². The Balaban J connectivity index is 2.52. The lowest BCUT2D eigenvalue weighted by Gasteiger charge is -2.09. The number of anilines is 1. The van der Waals surface area contributed by atoms with E-state index in [0.29, 0.717) is 4.88 Å². The van der Waals surface area contributed by atoms with Crippen LogP contribution < -0.4 is 5.32 Å². The van der Waals surface area contributed by atoms with Gasteiger partial charge in [0.2, 0.25) is 11.9 Å². The van der Waals surface area contributed by atoms with Crippen molar-refractivity contribution in [3.63, 3.8) is 0 Å². The highest BCUT2D eigenvalue weighted by atomic mass is 32.1. The summed E-state index contributed by atoms with van der Waals surface area (Å²) in [5.74, 6) is -0.887. The zero-order valence-corrected chi connectivity index (χ0v) is 10.5. The third kappa shape index (κ3) is 3.28. The molecule has 0 saturated heterocycles. The van der Waals surface area contributed by atoms with Gasteiger partial charge in [-0.2, -0.15) is 13.2 Å². The van der Waals surface area contributed by atoms with Crippen LogP contribution in [-0.4, -0.2) is 15.9 Å². The van der Waals surface area contributed by atoms with E-state index in [4.69, 9.17) is 0 Å². The summed E-state index contributed by atoms with van der Waals surface area (Å²) in [4.78, 5) is 18.7. The number of aromatic nitrogens is 2. The summed E-state index contributed by atoms with van der Waals surface area (Å²) in [5, 5.41) is 3.89. The first kappa shape index (κ1) is 13.5. The predicted molar refractivity (Wildman–Crippen MR) is 64.7 cm³/mol. The lowest BCUT2D eigenvalue weighted by atomic mass is 10.3. The SMILES string of the molecule is CC(=O)Nc1nc(-c2cccs2)cc(C(F)(F)F)n1. The molecule has 100 valence electrons. The molecule has 4 nitrogen and oxygen atoms in total. The molecule has 1 N–H and O–H groups in total. The van der Waals surface area contributed by atoms with E-state index in [2.05, 4.69) is 15.3 Å². The highest BCUT2D eigenvalue weighted by Gasteiger charge is 2.34. The van der Waals surface area contributed by atoms with Crippen molar-refractivity contribution >= 4 is 23.2 Å². The average molecular weight is 287 g/mol. The minimum atomic E-state index is -4.60. The molecule has 0 aliphatic heterocycles. The molecule has 0 aliphatic rings. The van der Waals surface area contributed by atoms with Crippen LogP contribution in [-0.2, 0) is 11.0 Å². The largest absolute Gasteiger partial charge is 0.433 e. The fraction of sp³-hybridized carbons (Fsp3) is 0.182. The third-order valence-corrected chi connectivity index (χ3v) is 2.97. The molecule has 8 heteroatoms. The molecule has 2 heterocycles. The van der Waals surface area contributed by atoms with E-state index in [-0.39, 0.29) is 11.6 Å². The second-order valence-corrected chi connectivity index (χ2v) is 4.57. The number of nitrogens with zero attached hydrogens (tertiary/aromatic N) is 2. The first-order valence-corrected chi connectivity index (χ1v) is 6.02. The molecule has 2 rings (SSSR count). The van der Waals surface area contributed by atoms with Crippen molar-refractivity contribution in [3.05, 3.63) is 29.3 Å². The average Bonchev–Trinajstić information content (AvgIpc) is 2.79. The van der Waals surface area contributed by atoms with Crippen molar-refractivity contribution < 1.29 is 18.0 Å². The Morgan fingerprint density at radius 2 is 2.11 bits per heavy atom. The van der Waals surface area contributed by atoms with Crippen LogP contribution in [0.3, 0.4) is 0 Å². The number of thiophene rings is 1. The van der Waals surface area contributed by atoms with Crippen molar-refractivity contribution in [1.82, 2.24) is 9.97 Å². The molecule has 0 fully saturated rings. The van der Waals surface area contributed by atoms with E-state index >= 15 is 0 Å². The number of halogens is 3. The highest BCUT2D eigenvalue weighted by Crippen LogP contribution is 2.32. The quantitative estimate of drug-likeness (QED) is 0.923. The summed E-state index contributed by atoms with van der Waals surface area (Å²) in [6.07, 6.45) is -4.60. The van der Waals surface area contributed by atoms with Crippen LogP contribution in [0.5, 0.6) is 0 Å². The number of rotatable bonds is 2. The molecule has 0 spiro atoms. The van der Waals surface area contributed by atoms with E-state index in [9.17, 15) is 18.0 Å². The van der Waals surface area contributed by atoms with E-state index in [1.165, 1.54) is 18.3 Å². The summed E-state index contributed by atoms with van der Waals surface area (Å²) < 4.78 is 38.2. The molecular weight excluding hydrogens is 279 g/mol. The first-order chi connectivity index (χ1) is 8.86. The maximum absolute atomic E-state index is 12.7. The zero-order chi connectivity index (χ0) is 14.0. The molecule has 1 amide bonds. The van der Waals surface area contributed by atoms with Gasteiger partial charge in [-0.25, -0.2) is 9.97 Å². The molecule has 2 aromatic rings. The smallest absolute Gasteiger partial charge is 0.295 e. The van der Waals surface area contributed by atoms with Gasteiger partial charge in [0, 0.05) is 6.92 Å². The molecule has 0 saturated carbocycles. The Morgan fingerprint density at radius 3 is 2.63 bits per heavy atom. The van der Waals surface area contributed by atoms with Gasteiger partial charge in [0.25, 0.3) is 0 Å². The van der Waals surface area contributed by atoms with Crippen molar-refractivity contribution in [2.75, 3.05) is 5.32 Å². The fourth-order valence-corrected chi connectivity index (χ4v) is 2.04. The molecule has 0 atom stereocenters. The van der Waals surface area contributed by atoms with E-state index in [1.807, 2.05) is 0 Å². The molecule has 0 radical (unpaired) electrons. The van der Waals surface area contributed by atoms with Crippen LogP contribution in [0.2, 0.25) is 0 Å². The fourth-order valence-electron chi connectivity index (χ4n) is 1.36. The maximum atomic E-state index is 12.7. The summed E-state index contributed by atoms with van der Waals surface area (Å²) in [7, 11) is 0. The van der Waals surface area contributed by atoms with Crippen LogP contribution in [0.1, 0.15) is 12.6 Å². The van der Waals surface area contributed by atoms with Crippen LogP contribution in [0, 0.1) is 0 Å². The molecule has 19 heavy (non-hydrogen) atoms. The molecular formula is C11H8F3N3OS.